The highest BCUT2D eigenvalue weighted by molar-refractivity contribution is 14.1. The summed E-state index contributed by atoms with van der Waals surface area (Å²) < 4.78 is 29.8. The van der Waals surface area contributed by atoms with Gasteiger partial charge in [-0.25, -0.2) is 13.1 Å². The van der Waals surface area contributed by atoms with E-state index in [1.807, 2.05) is 0 Å². The minimum absolute atomic E-state index is 0.0418. The lowest BCUT2D eigenvalue weighted by atomic mass is 10.8. The monoisotopic (exact) mass is 293 g/mol. The highest BCUT2D eigenvalue weighted by Crippen LogP contribution is 1.85. The van der Waals surface area contributed by atoms with Gasteiger partial charge in [0.25, 0.3) is 0 Å². The van der Waals surface area contributed by atoms with Gasteiger partial charge in [0.2, 0.25) is 10.0 Å². The Kier molecular flexibility index (Phi) is 6.49. The van der Waals surface area contributed by atoms with Gasteiger partial charge in [0, 0.05) is 18.1 Å². The van der Waals surface area contributed by atoms with Gasteiger partial charge in [-0.15, -0.1) is 0 Å². The van der Waals surface area contributed by atoms with Gasteiger partial charge in [-0.3, -0.25) is 0 Å². The number of hydrogen-bond acceptors (Lipinski definition) is 3. The number of nitrogens with one attached hydrogen (secondary N) is 1. The second-order valence-corrected chi connectivity index (χ2v) is 4.90. The third kappa shape index (κ3) is 6.98. The lowest BCUT2D eigenvalue weighted by Crippen LogP contribution is -2.29. The minimum Gasteiger partial charge on any atom is -0.384 e. The maximum absolute atomic E-state index is 11.0. The van der Waals surface area contributed by atoms with E-state index in [0.29, 0.717) is 6.54 Å². The third-order valence-corrected chi connectivity index (χ3v) is 2.86. The number of halogens is 1. The summed E-state index contributed by atoms with van der Waals surface area (Å²) in [6, 6.07) is 0. The summed E-state index contributed by atoms with van der Waals surface area (Å²) in [5.74, 6) is 0.0418. The highest BCUT2D eigenvalue weighted by Gasteiger charge is 2.07. The van der Waals surface area contributed by atoms with Crippen molar-refractivity contribution in [1.29, 1.82) is 0 Å². The van der Waals surface area contributed by atoms with Crippen molar-refractivity contribution in [1.82, 2.24) is 4.72 Å². The van der Waals surface area contributed by atoms with Crippen molar-refractivity contribution in [2.24, 2.45) is 0 Å². The van der Waals surface area contributed by atoms with Gasteiger partial charge >= 0.3 is 0 Å². The number of alkyl halides is 1. The molecular formula is C5H12INO3S. The third-order valence-electron chi connectivity index (χ3n) is 0.973. The van der Waals surface area contributed by atoms with Gasteiger partial charge in [0.15, 0.2) is 0 Å². The molecule has 0 radical (unpaired) electrons. The van der Waals surface area contributed by atoms with Crippen LogP contribution in [0.15, 0.2) is 0 Å². The van der Waals surface area contributed by atoms with E-state index in [2.05, 4.69) is 32.0 Å². The number of sulfonamides is 1. The molecule has 0 atom stereocenters. The van der Waals surface area contributed by atoms with Crippen LogP contribution < -0.4 is 4.72 Å². The van der Waals surface area contributed by atoms with Crippen LogP contribution >= 0.6 is 22.6 Å². The fourth-order valence-electron chi connectivity index (χ4n) is 0.459. The molecule has 0 aromatic carbocycles. The van der Waals surface area contributed by atoms with Gasteiger partial charge in [0.1, 0.15) is 0 Å². The van der Waals surface area contributed by atoms with Crippen molar-refractivity contribution in [2.75, 3.05) is 30.4 Å². The van der Waals surface area contributed by atoms with Crippen molar-refractivity contribution in [2.45, 2.75) is 0 Å². The van der Waals surface area contributed by atoms with Crippen LogP contribution in [0.3, 0.4) is 0 Å². The molecule has 0 saturated carbocycles. The van der Waals surface area contributed by atoms with Crippen LogP contribution in [0, 0.1) is 0 Å². The van der Waals surface area contributed by atoms with E-state index < -0.39 is 10.0 Å². The van der Waals surface area contributed by atoms with E-state index in [-0.39, 0.29) is 12.4 Å². The van der Waals surface area contributed by atoms with E-state index in [9.17, 15) is 8.42 Å². The maximum Gasteiger partial charge on any atom is 0.213 e. The van der Waals surface area contributed by atoms with Crippen LogP contribution in [0.4, 0.5) is 0 Å². The molecule has 0 spiro atoms. The van der Waals surface area contributed by atoms with Gasteiger partial charge in [-0.1, -0.05) is 22.6 Å². The lowest BCUT2D eigenvalue weighted by Gasteiger charge is -2.02. The molecule has 0 aliphatic heterocycles. The van der Waals surface area contributed by atoms with Crippen LogP contribution in [0.25, 0.3) is 0 Å². The summed E-state index contributed by atoms with van der Waals surface area (Å²) in [5, 5.41) is 0. The second kappa shape index (κ2) is 6.15. The van der Waals surface area contributed by atoms with Crippen LogP contribution in [0.1, 0.15) is 0 Å². The molecule has 0 aromatic heterocycles. The zero-order valence-electron chi connectivity index (χ0n) is 6.34. The molecule has 0 aliphatic carbocycles. The average molecular weight is 293 g/mol. The molecule has 0 bridgehead atoms. The molecule has 0 heterocycles. The molecule has 0 saturated heterocycles. The first kappa shape index (κ1) is 11.6. The van der Waals surface area contributed by atoms with E-state index in [4.69, 9.17) is 0 Å². The Morgan fingerprint density at radius 3 is 2.64 bits per heavy atom. The Morgan fingerprint density at radius 1 is 1.55 bits per heavy atom. The van der Waals surface area contributed by atoms with Crippen molar-refractivity contribution in [3.05, 3.63) is 0 Å². The van der Waals surface area contributed by atoms with Gasteiger partial charge < -0.3 is 4.74 Å². The Bertz CT molecular complexity index is 166. The molecule has 68 valence electrons. The molecule has 6 heteroatoms. The van der Waals surface area contributed by atoms with Crippen LogP contribution in [0.5, 0.6) is 0 Å². The average Bonchev–Trinajstić information content (AvgIpc) is 1.97. The Morgan fingerprint density at radius 2 is 2.18 bits per heavy atom. The van der Waals surface area contributed by atoms with Gasteiger partial charge in [-0.2, -0.15) is 0 Å². The van der Waals surface area contributed by atoms with Crippen molar-refractivity contribution < 1.29 is 13.2 Å². The van der Waals surface area contributed by atoms with Crippen molar-refractivity contribution >= 4 is 32.6 Å². The predicted molar refractivity (Wildman–Crippen MR) is 52.6 cm³/mol. The summed E-state index contributed by atoms with van der Waals surface area (Å²) in [4.78, 5) is 0. The summed E-state index contributed by atoms with van der Waals surface area (Å²) in [5.41, 5.74) is 0. The molecular weight excluding hydrogens is 281 g/mol. The molecule has 0 rings (SSSR count). The van der Waals surface area contributed by atoms with Crippen LogP contribution in [-0.4, -0.2) is 38.9 Å². The van der Waals surface area contributed by atoms with E-state index >= 15 is 0 Å². The maximum atomic E-state index is 11.0. The number of methoxy groups -OCH3 is 1. The first-order valence-corrected chi connectivity index (χ1v) is 6.32. The molecule has 4 nitrogen and oxygen atoms in total. The number of hydrogen-bond donors (Lipinski definition) is 1. The Balaban J connectivity index is 3.63. The molecule has 11 heavy (non-hydrogen) atoms. The van der Waals surface area contributed by atoms with Gasteiger partial charge in [-0.05, 0) is 0 Å². The normalized spacial score (nSPS) is 11.8. The van der Waals surface area contributed by atoms with Crippen LogP contribution in [-0.2, 0) is 14.8 Å². The lowest BCUT2D eigenvalue weighted by molar-refractivity contribution is 0.217. The molecule has 0 aromatic rings. The summed E-state index contributed by atoms with van der Waals surface area (Å²) in [7, 11) is -1.61. The fraction of sp³-hybridized carbons (Fsp3) is 1.00. The highest BCUT2D eigenvalue weighted by atomic mass is 127. The zero-order chi connectivity index (χ0) is 8.74. The molecule has 1 N–H and O–H groups in total. The van der Waals surface area contributed by atoms with E-state index in [1.54, 1.807) is 0 Å². The first-order valence-electron chi connectivity index (χ1n) is 3.14. The number of rotatable bonds is 6. The summed E-state index contributed by atoms with van der Waals surface area (Å²) in [6.07, 6.45) is 0. The zero-order valence-corrected chi connectivity index (χ0v) is 9.31. The smallest absolute Gasteiger partial charge is 0.213 e. The SMILES string of the molecule is COCCS(=O)(=O)NCCI. The van der Waals surface area contributed by atoms with E-state index in [0.717, 1.165) is 4.43 Å². The van der Waals surface area contributed by atoms with Crippen molar-refractivity contribution in [3.63, 3.8) is 0 Å². The Hall–Kier alpha value is 0.600. The van der Waals surface area contributed by atoms with Crippen molar-refractivity contribution in [3.8, 4) is 0 Å². The Labute approximate surface area is 80.9 Å². The standard InChI is InChI=1S/C5H12INO3S/c1-10-4-5-11(8,9)7-3-2-6/h7H,2-5H2,1H3. The quantitative estimate of drug-likeness (QED) is 0.553. The summed E-state index contributed by atoms with van der Waals surface area (Å²) in [6.45, 7) is 0.739. The second-order valence-electron chi connectivity index (χ2n) is 1.89. The first-order chi connectivity index (χ1) is 5.12. The van der Waals surface area contributed by atoms with Gasteiger partial charge in [0.05, 0.1) is 12.4 Å². The molecule has 0 fully saturated rings. The molecule has 0 amide bonds. The van der Waals surface area contributed by atoms with Crippen LogP contribution in [0.2, 0.25) is 0 Å². The predicted octanol–water partition coefficient (Wildman–Crippen LogP) is -0.0128. The minimum atomic E-state index is -3.09. The summed E-state index contributed by atoms with van der Waals surface area (Å²) >= 11 is 2.11. The molecule has 0 aliphatic rings. The largest absolute Gasteiger partial charge is 0.384 e. The van der Waals surface area contributed by atoms with E-state index in [1.165, 1.54) is 7.11 Å². The molecule has 0 unspecified atom stereocenters. The topological polar surface area (TPSA) is 55.4 Å². The fourth-order valence-corrected chi connectivity index (χ4v) is 2.04. The number of ether oxygens (including phenoxy) is 1.